The summed E-state index contributed by atoms with van der Waals surface area (Å²) in [6.07, 6.45) is -3.33. The third-order valence-electron chi connectivity index (χ3n) is 5.32. The molecule has 1 saturated carbocycles. The van der Waals surface area contributed by atoms with E-state index in [1.54, 1.807) is 6.92 Å². The lowest BCUT2D eigenvalue weighted by atomic mass is 9.81. The molecule has 2 aliphatic rings. The molecule has 2 fully saturated rings. The molecule has 1 saturated heterocycles. The molecule has 9 heteroatoms. The largest absolute Gasteiger partial charge is 0.481 e. The molecule has 29 heavy (non-hydrogen) atoms. The second kappa shape index (κ2) is 7.56. The SMILES string of the molecule is C[C@H](Oc1cc(C(=O)CC(C)(C#N)CC2CC2)ncc1C1(F)COC1)C(F)(F)F. The third kappa shape index (κ3) is 4.86. The first-order valence-corrected chi connectivity index (χ1v) is 9.41. The Morgan fingerprint density at radius 1 is 1.45 bits per heavy atom. The van der Waals surface area contributed by atoms with Gasteiger partial charge in [-0.05, 0) is 26.2 Å². The molecular formula is C20H22F4N2O3. The van der Waals surface area contributed by atoms with Gasteiger partial charge in [0.15, 0.2) is 17.6 Å². The number of alkyl halides is 4. The van der Waals surface area contributed by atoms with Crippen molar-refractivity contribution < 1.29 is 31.8 Å². The van der Waals surface area contributed by atoms with Gasteiger partial charge in [-0.25, -0.2) is 4.39 Å². The van der Waals surface area contributed by atoms with Gasteiger partial charge in [-0.2, -0.15) is 18.4 Å². The minimum Gasteiger partial charge on any atom is -0.481 e. The predicted octanol–water partition coefficient (Wildman–Crippen LogP) is 4.51. The molecule has 1 aromatic rings. The predicted molar refractivity (Wildman–Crippen MR) is 94.0 cm³/mol. The highest BCUT2D eigenvalue weighted by Gasteiger charge is 2.45. The zero-order valence-corrected chi connectivity index (χ0v) is 16.2. The fourth-order valence-electron chi connectivity index (χ4n) is 3.28. The average molecular weight is 414 g/mol. The monoisotopic (exact) mass is 414 g/mol. The summed E-state index contributed by atoms with van der Waals surface area (Å²) >= 11 is 0. The molecule has 0 radical (unpaired) electrons. The number of rotatable bonds is 8. The van der Waals surface area contributed by atoms with E-state index in [1.807, 2.05) is 0 Å². The van der Waals surface area contributed by atoms with Crippen molar-refractivity contribution in [2.24, 2.45) is 11.3 Å². The topological polar surface area (TPSA) is 72.2 Å². The van der Waals surface area contributed by atoms with Crippen LogP contribution in [0.1, 0.15) is 55.6 Å². The van der Waals surface area contributed by atoms with Crippen molar-refractivity contribution in [2.45, 2.75) is 57.5 Å². The van der Waals surface area contributed by atoms with E-state index in [9.17, 15) is 27.6 Å². The Morgan fingerprint density at radius 2 is 2.10 bits per heavy atom. The van der Waals surface area contributed by atoms with E-state index in [0.717, 1.165) is 32.0 Å². The van der Waals surface area contributed by atoms with Gasteiger partial charge >= 0.3 is 6.18 Å². The van der Waals surface area contributed by atoms with E-state index in [1.165, 1.54) is 0 Å². The standard InChI is InChI=1S/C20H22F4N2O3/c1-12(20(22,23)24)29-17-5-15(26-8-14(17)19(21)10-28-11-19)16(27)7-18(2,9-25)6-13-3-4-13/h5,8,12-13H,3-4,6-7,10-11H2,1-2H3/t12-,18?/m0/s1. The number of nitrogens with zero attached hydrogens (tertiary/aromatic N) is 2. The van der Waals surface area contributed by atoms with Crippen LogP contribution in [0.5, 0.6) is 5.75 Å². The number of aromatic nitrogens is 1. The summed E-state index contributed by atoms with van der Waals surface area (Å²) in [7, 11) is 0. The van der Waals surface area contributed by atoms with Crippen LogP contribution in [0.3, 0.4) is 0 Å². The van der Waals surface area contributed by atoms with Crippen LogP contribution >= 0.6 is 0 Å². The molecule has 1 aliphatic carbocycles. The van der Waals surface area contributed by atoms with Crippen LogP contribution in [0.15, 0.2) is 12.3 Å². The van der Waals surface area contributed by atoms with Gasteiger partial charge in [-0.3, -0.25) is 9.78 Å². The summed E-state index contributed by atoms with van der Waals surface area (Å²) < 4.78 is 63.5. The number of ether oxygens (including phenoxy) is 2. The first-order chi connectivity index (χ1) is 13.5. The van der Waals surface area contributed by atoms with Crippen molar-refractivity contribution in [1.82, 2.24) is 4.98 Å². The Morgan fingerprint density at radius 3 is 2.59 bits per heavy atom. The van der Waals surface area contributed by atoms with Crippen LogP contribution in [0.25, 0.3) is 0 Å². The number of carbonyl (C=O) groups is 1. The molecule has 3 rings (SSSR count). The van der Waals surface area contributed by atoms with E-state index in [0.29, 0.717) is 12.3 Å². The van der Waals surface area contributed by atoms with Gasteiger partial charge in [0.1, 0.15) is 11.4 Å². The van der Waals surface area contributed by atoms with Crippen LogP contribution in [0.4, 0.5) is 17.6 Å². The fourth-order valence-corrected chi connectivity index (χ4v) is 3.28. The van der Waals surface area contributed by atoms with Crippen molar-refractivity contribution >= 4 is 5.78 Å². The molecule has 1 aliphatic heterocycles. The van der Waals surface area contributed by atoms with Gasteiger partial charge in [-0.1, -0.05) is 12.8 Å². The van der Waals surface area contributed by atoms with Gasteiger partial charge in [0, 0.05) is 18.7 Å². The minimum absolute atomic E-state index is 0.121. The summed E-state index contributed by atoms with van der Waals surface area (Å²) in [5.41, 5.74) is -3.23. The van der Waals surface area contributed by atoms with E-state index < -0.39 is 29.1 Å². The maximum Gasteiger partial charge on any atom is 0.425 e. The maximum absolute atomic E-state index is 14.8. The zero-order valence-electron chi connectivity index (χ0n) is 16.2. The number of hydrogen-bond acceptors (Lipinski definition) is 5. The first kappa shape index (κ1) is 21.5. The first-order valence-electron chi connectivity index (χ1n) is 9.41. The Bertz CT molecular complexity index is 828. The molecule has 0 bridgehead atoms. The number of pyridine rings is 1. The van der Waals surface area contributed by atoms with Crippen LogP contribution in [0.2, 0.25) is 0 Å². The number of ketones is 1. The number of halogens is 4. The lowest BCUT2D eigenvalue weighted by Gasteiger charge is -2.35. The third-order valence-corrected chi connectivity index (χ3v) is 5.32. The summed E-state index contributed by atoms with van der Waals surface area (Å²) in [6, 6.07) is 3.20. The second-order valence-electron chi connectivity index (χ2n) is 8.25. The molecule has 1 aromatic heterocycles. The summed E-state index contributed by atoms with van der Waals surface area (Å²) in [5, 5.41) is 9.48. The molecule has 1 unspecified atom stereocenters. The Balaban J connectivity index is 1.86. The Labute approximate surface area is 166 Å². The normalized spacial score (nSPS) is 21.4. The van der Waals surface area contributed by atoms with Crippen molar-refractivity contribution in [2.75, 3.05) is 13.2 Å². The summed E-state index contributed by atoms with van der Waals surface area (Å²) in [4.78, 5) is 16.6. The highest BCUT2D eigenvalue weighted by molar-refractivity contribution is 5.95. The number of hydrogen-bond donors (Lipinski definition) is 0. The molecule has 0 amide bonds. The maximum atomic E-state index is 14.8. The molecule has 0 aromatic carbocycles. The van der Waals surface area contributed by atoms with Crippen molar-refractivity contribution in [3.8, 4) is 11.8 Å². The summed E-state index contributed by atoms with van der Waals surface area (Å²) in [5.74, 6) is -0.470. The van der Waals surface area contributed by atoms with E-state index in [4.69, 9.17) is 9.47 Å². The van der Waals surface area contributed by atoms with Crippen molar-refractivity contribution in [3.05, 3.63) is 23.5 Å². The van der Waals surface area contributed by atoms with Crippen molar-refractivity contribution in [3.63, 3.8) is 0 Å². The molecule has 0 spiro atoms. The lowest BCUT2D eigenvalue weighted by molar-refractivity contribution is -0.190. The Kier molecular flexibility index (Phi) is 5.60. The molecule has 0 N–H and O–H groups in total. The molecule has 2 heterocycles. The number of carbonyl (C=O) groups excluding carboxylic acids is 1. The molecular weight excluding hydrogens is 392 g/mol. The summed E-state index contributed by atoms with van der Waals surface area (Å²) in [6.45, 7) is 1.83. The molecule has 158 valence electrons. The highest BCUT2D eigenvalue weighted by atomic mass is 19.4. The van der Waals surface area contributed by atoms with Crippen molar-refractivity contribution in [1.29, 1.82) is 5.26 Å². The lowest BCUT2D eigenvalue weighted by Crippen LogP contribution is -2.43. The van der Waals surface area contributed by atoms with Crippen LogP contribution in [0, 0.1) is 22.7 Å². The van der Waals surface area contributed by atoms with Crippen LogP contribution < -0.4 is 4.74 Å². The van der Waals surface area contributed by atoms with Gasteiger partial charge in [0.25, 0.3) is 0 Å². The van der Waals surface area contributed by atoms with Gasteiger partial charge in [0.05, 0.1) is 30.3 Å². The van der Waals surface area contributed by atoms with Crippen LogP contribution in [-0.2, 0) is 10.4 Å². The minimum atomic E-state index is -4.66. The number of nitriles is 1. The molecule has 2 atom stereocenters. The second-order valence-corrected chi connectivity index (χ2v) is 8.25. The van der Waals surface area contributed by atoms with Gasteiger partial charge in [-0.15, -0.1) is 0 Å². The number of Topliss-reactive ketones (excluding diaryl/α,β-unsaturated/α-hetero) is 1. The van der Waals surface area contributed by atoms with E-state index in [-0.39, 0.29) is 36.6 Å². The Hall–Kier alpha value is -2.21. The van der Waals surface area contributed by atoms with Crippen LogP contribution in [-0.4, -0.2) is 36.3 Å². The smallest absolute Gasteiger partial charge is 0.425 e. The average Bonchev–Trinajstić information content (AvgIpc) is 3.42. The van der Waals surface area contributed by atoms with Gasteiger partial charge in [0.2, 0.25) is 0 Å². The van der Waals surface area contributed by atoms with Gasteiger partial charge < -0.3 is 9.47 Å². The van der Waals surface area contributed by atoms with E-state index >= 15 is 0 Å². The van der Waals surface area contributed by atoms with E-state index in [2.05, 4.69) is 11.1 Å². The quantitative estimate of drug-likeness (QED) is 0.462. The molecule has 5 nitrogen and oxygen atoms in total. The fraction of sp³-hybridized carbons (Fsp3) is 0.650. The highest BCUT2D eigenvalue weighted by Crippen LogP contribution is 2.43. The zero-order chi connectivity index (χ0) is 21.4.